The van der Waals surface area contributed by atoms with E-state index in [1.54, 1.807) is 4.90 Å². The van der Waals surface area contributed by atoms with Gasteiger partial charge in [-0.05, 0) is 26.4 Å². The van der Waals surface area contributed by atoms with Crippen LogP contribution in [0.3, 0.4) is 0 Å². The fourth-order valence-corrected chi connectivity index (χ4v) is 2.47. The quantitative estimate of drug-likeness (QED) is 0.661. The number of aliphatic carboxylic acids is 2. The summed E-state index contributed by atoms with van der Waals surface area (Å²) in [5.41, 5.74) is 0. The Hall–Kier alpha value is -1.83. The van der Waals surface area contributed by atoms with Gasteiger partial charge in [-0.1, -0.05) is 6.92 Å². The van der Waals surface area contributed by atoms with Crippen molar-refractivity contribution in [1.29, 1.82) is 0 Å². The second-order valence-electron chi connectivity index (χ2n) is 5.31. The van der Waals surface area contributed by atoms with Crippen LogP contribution < -0.4 is 5.32 Å². The predicted molar refractivity (Wildman–Crippen MR) is 75.1 cm³/mol. The third-order valence-corrected chi connectivity index (χ3v) is 3.61. The van der Waals surface area contributed by atoms with Gasteiger partial charge in [0.2, 0.25) is 0 Å². The Balaban J connectivity index is 2.74. The van der Waals surface area contributed by atoms with Gasteiger partial charge in [0, 0.05) is 19.1 Å². The molecule has 0 aromatic heterocycles. The summed E-state index contributed by atoms with van der Waals surface area (Å²) in [6, 6.07) is -1.92. The molecule has 0 bridgehead atoms. The van der Waals surface area contributed by atoms with Gasteiger partial charge in [-0.3, -0.25) is 4.79 Å². The molecule has 120 valence electrons. The zero-order chi connectivity index (χ0) is 16.0. The van der Waals surface area contributed by atoms with Gasteiger partial charge < -0.3 is 25.3 Å². The minimum Gasteiger partial charge on any atom is -0.481 e. The van der Waals surface area contributed by atoms with Gasteiger partial charge in [-0.2, -0.15) is 0 Å². The smallest absolute Gasteiger partial charge is 0.326 e. The van der Waals surface area contributed by atoms with Gasteiger partial charge in [0.25, 0.3) is 0 Å². The van der Waals surface area contributed by atoms with E-state index in [-0.39, 0.29) is 6.04 Å². The molecule has 0 aromatic carbocycles. The molecule has 1 fully saturated rings. The first-order valence-corrected chi connectivity index (χ1v) is 7.05. The van der Waals surface area contributed by atoms with Crippen molar-refractivity contribution in [2.45, 2.75) is 38.3 Å². The molecule has 21 heavy (non-hydrogen) atoms. The Morgan fingerprint density at radius 1 is 1.29 bits per heavy atom. The Morgan fingerprint density at radius 3 is 2.48 bits per heavy atom. The maximum Gasteiger partial charge on any atom is 0.326 e. The largest absolute Gasteiger partial charge is 0.481 e. The fourth-order valence-electron chi connectivity index (χ4n) is 2.47. The zero-order valence-electron chi connectivity index (χ0n) is 12.4. The standard InChI is InChI=1S/C13H23N3O5/c1-3-9-8-15(2)5-4-6-16(9)13(21)14-10(12(19)20)7-11(17)18/h9-10H,3-8H2,1-2H3,(H,14,21)(H,17,18)(H,19,20). The van der Waals surface area contributed by atoms with Gasteiger partial charge >= 0.3 is 18.0 Å². The second kappa shape index (κ2) is 7.82. The molecule has 3 N–H and O–H groups in total. The van der Waals surface area contributed by atoms with E-state index in [4.69, 9.17) is 10.2 Å². The lowest BCUT2D eigenvalue weighted by molar-refractivity contribution is -0.145. The number of amides is 2. The summed E-state index contributed by atoms with van der Waals surface area (Å²) < 4.78 is 0. The average molecular weight is 301 g/mol. The van der Waals surface area contributed by atoms with E-state index in [2.05, 4.69) is 10.2 Å². The van der Waals surface area contributed by atoms with Crippen LogP contribution >= 0.6 is 0 Å². The number of carboxylic acids is 2. The molecular formula is C13H23N3O5. The van der Waals surface area contributed by atoms with Gasteiger partial charge in [0.1, 0.15) is 6.04 Å². The van der Waals surface area contributed by atoms with Crippen LogP contribution in [-0.2, 0) is 9.59 Å². The number of likely N-dealkylation sites (N-methyl/N-ethyl adjacent to an activating group) is 1. The maximum absolute atomic E-state index is 12.3. The molecule has 0 aromatic rings. The van der Waals surface area contributed by atoms with E-state index in [0.717, 1.165) is 25.9 Å². The highest BCUT2D eigenvalue weighted by molar-refractivity contribution is 5.86. The first-order valence-electron chi connectivity index (χ1n) is 7.05. The highest BCUT2D eigenvalue weighted by Gasteiger charge is 2.30. The summed E-state index contributed by atoms with van der Waals surface area (Å²) in [7, 11) is 1.98. The number of urea groups is 1. The normalized spacial score (nSPS) is 21.4. The van der Waals surface area contributed by atoms with Gasteiger partial charge in [-0.15, -0.1) is 0 Å². The lowest BCUT2D eigenvalue weighted by atomic mass is 10.2. The molecule has 1 saturated heterocycles. The monoisotopic (exact) mass is 301 g/mol. The van der Waals surface area contributed by atoms with Crippen LogP contribution in [0.1, 0.15) is 26.2 Å². The highest BCUT2D eigenvalue weighted by Crippen LogP contribution is 2.12. The van der Waals surface area contributed by atoms with Crippen molar-refractivity contribution in [2.24, 2.45) is 0 Å². The number of carbonyl (C=O) groups excluding carboxylic acids is 1. The molecule has 0 aliphatic carbocycles. The molecule has 2 amide bonds. The first kappa shape index (κ1) is 17.2. The SMILES string of the molecule is CCC1CN(C)CCCN1C(=O)NC(CC(=O)O)C(=O)O. The second-order valence-corrected chi connectivity index (χ2v) is 5.31. The Labute approximate surface area is 123 Å². The van der Waals surface area contributed by atoms with E-state index in [1.807, 2.05) is 14.0 Å². The van der Waals surface area contributed by atoms with Crippen LogP contribution in [0.15, 0.2) is 0 Å². The molecule has 2 atom stereocenters. The number of hydrogen-bond acceptors (Lipinski definition) is 4. The maximum atomic E-state index is 12.3. The summed E-state index contributed by atoms with van der Waals surface area (Å²) >= 11 is 0. The van der Waals surface area contributed by atoms with E-state index in [1.165, 1.54) is 0 Å². The Bertz CT molecular complexity index is 401. The molecule has 2 unspecified atom stereocenters. The summed E-state index contributed by atoms with van der Waals surface area (Å²) in [6.45, 7) is 4.10. The van der Waals surface area contributed by atoms with E-state index < -0.39 is 30.4 Å². The number of nitrogens with zero attached hydrogens (tertiary/aromatic N) is 2. The summed E-state index contributed by atoms with van der Waals surface area (Å²) in [5.74, 6) is -2.60. The number of rotatable bonds is 5. The van der Waals surface area contributed by atoms with Crippen LogP contribution in [0.2, 0.25) is 0 Å². The topological polar surface area (TPSA) is 110 Å². The van der Waals surface area contributed by atoms with Crippen molar-refractivity contribution in [3.05, 3.63) is 0 Å². The third kappa shape index (κ3) is 5.22. The van der Waals surface area contributed by atoms with Gasteiger partial charge in [0.15, 0.2) is 0 Å². The van der Waals surface area contributed by atoms with E-state index >= 15 is 0 Å². The van der Waals surface area contributed by atoms with Crippen molar-refractivity contribution in [3.63, 3.8) is 0 Å². The first-order chi connectivity index (χ1) is 9.85. The molecule has 0 saturated carbocycles. The third-order valence-electron chi connectivity index (χ3n) is 3.61. The van der Waals surface area contributed by atoms with E-state index in [0.29, 0.717) is 6.54 Å². The Morgan fingerprint density at radius 2 is 1.95 bits per heavy atom. The van der Waals surface area contributed by atoms with Gasteiger partial charge in [-0.25, -0.2) is 9.59 Å². The van der Waals surface area contributed by atoms with E-state index in [9.17, 15) is 14.4 Å². The average Bonchev–Trinajstić information content (AvgIpc) is 2.58. The number of nitrogens with one attached hydrogen (secondary N) is 1. The van der Waals surface area contributed by atoms with Crippen molar-refractivity contribution >= 4 is 18.0 Å². The Kier molecular flexibility index (Phi) is 6.41. The number of carbonyl (C=O) groups is 3. The van der Waals surface area contributed by atoms with Crippen molar-refractivity contribution in [2.75, 3.05) is 26.7 Å². The molecule has 8 heteroatoms. The van der Waals surface area contributed by atoms with Crippen LogP contribution in [-0.4, -0.2) is 76.7 Å². The summed E-state index contributed by atoms with van der Waals surface area (Å²) in [6.07, 6.45) is 0.928. The molecule has 0 spiro atoms. The van der Waals surface area contributed by atoms with Crippen LogP contribution in [0, 0.1) is 0 Å². The summed E-state index contributed by atoms with van der Waals surface area (Å²) in [5, 5.41) is 20.0. The molecule has 8 nitrogen and oxygen atoms in total. The fraction of sp³-hybridized carbons (Fsp3) is 0.769. The molecule has 1 aliphatic heterocycles. The van der Waals surface area contributed by atoms with Crippen LogP contribution in [0.4, 0.5) is 4.79 Å². The molecule has 1 heterocycles. The number of carboxylic acid groups (broad SMARTS) is 2. The van der Waals surface area contributed by atoms with Crippen molar-refractivity contribution < 1.29 is 24.6 Å². The number of hydrogen-bond donors (Lipinski definition) is 3. The summed E-state index contributed by atoms with van der Waals surface area (Å²) in [4.78, 5) is 37.7. The van der Waals surface area contributed by atoms with Crippen molar-refractivity contribution in [1.82, 2.24) is 15.1 Å². The molecular weight excluding hydrogens is 278 g/mol. The van der Waals surface area contributed by atoms with Gasteiger partial charge in [0.05, 0.1) is 6.42 Å². The lowest BCUT2D eigenvalue weighted by Crippen LogP contribution is -2.53. The zero-order valence-corrected chi connectivity index (χ0v) is 12.4. The predicted octanol–water partition coefficient (Wildman–Crippen LogP) is 0.0400. The lowest BCUT2D eigenvalue weighted by Gasteiger charge is -2.31. The minimum absolute atomic E-state index is 0.00299. The van der Waals surface area contributed by atoms with Crippen LogP contribution in [0.25, 0.3) is 0 Å². The minimum atomic E-state index is -1.41. The van der Waals surface area contributed by atoms with Crippen LogP contribution in [0.5, 0.6) is 0 Å². The highest BCUT2D eigenvalue weighted by atomic mass is 16.4. The molecule has 1 aliphatic rings. The van der Waals surface area contributed by atoms with Crippen molar-refractivity contribution in [3.8, 4) is 0 Å². The molecule has 0 radical (unpaired) electrons. The molecule has 1 rings (SSSR count).